The van der Waals surface area contributed by atoms with Gasteiger partial charge in [0.2, 0.25) is 0 Å². The third-order valence-electron chi connectivity index (χ3n) is 5.34. The fraction of sp³-hybridized carbons (Fsp3) is 0.250. The van der Waals surface area contributed by atoms with Crippen LogP contribution in [0.4, 0.5) is 0 Å². The second kappa shape index (κ2) is 8.44. The number of piperidine rings is 1. The van der Waals surface area contributed by atoms with Gasteiger partial charge in [0.25, 0.3) is 5.91 Å². The summed E-state index contributed by atoms with van der Waals surface area (Å²) in [6.07, 6.45) is 1.43. The van der Waals surface area contributed by atoms with Crippen LogP contribution < -0.4 is 10.6 Å². The highest BCUT2D eigenvalue weighted by Gasteiger charge is 2.32. The molecule has 0 unspecified atom stereocenters. The number of esters is 1. The molecule has 3 N–H and O–H groups in total. The highest BCUT2D eigenvalue weighted by atomic mass is 16.5. The summed E-state index contributed by atoms with van der Waals surface area (Å²) < 4.78 is 4.72. The Bertz CT molecular complexity index is 1100. The minimum Gasteiger partial charge on any atom is -0.465 e. The number of hydrogen-bond donors (Lipinski definition) is 3. The predicted octanol–water partition coefficient (Wildman–Crippen LogP) is 2.86. The van der Waals surface area contributed by atoms with E-state index >= 15 is 0 Å². The van der Waals surface area contributed by atoms with Gasteiger partial charge in [-0.25, -0.2) is 4.79 Å². The van der Waals surface area contributed by atoms with Crippen molar-refractivity contribution in [2.45, 2.75) is 18.4 Å². The Balaban J connectivity index is 1.56. The number of ether oxygens (including phenoxy) is 1. The van der Waals surface area contributed by atoms with Crippen LogP contribution in [-0.4, -0.2) is 42.6 Å². The van der Waals surface area contributed by atoms with Crippen molar-refractivity contribution < 1.29 is 14.3 Å². The molecule has 0 radical (unpaired) electrons. The van der Waals surface area contributed by atoms with E-state index in [0.717, 1.165) is 29.6 Å². The standard InChI is InChI=1S/C24H23N3O3/c1-30-23(29)18-8-6-17(7-9-18)10-11-24(12-14-25-15-13-24)27-22(28)21-16-19-4-2-3-5-20(19)26-21/h2-9,16,25-26H,12-15H2,1H3,(H,27,28). The Morgan fingerprint density at radius 3 is 2.50 bits per heavy atom. The molecular weight excluding hydrogens is 378 g/mol. The molecule has 1 amide bonds. The van der Waals surface area contributed by atoms with E-state index in [9.17, 15) is 9.59 Å². The van der Waals surface area contributed by atoms with Gasteiger partial charge in [-0.3, -0.25) is 4.79 Å². The molecule has 152 valence electrons. The van der Waals surface area contributed by atoms with Gasteiger partial charge >= 0.3 is 5.97 Å². The van der Waals surface area contributed by atoms with E-state index in [0.29, 0.717) is 24.1 Å². The van der Waals surface area contributed by atoms with Crippen molar-refractivity contribution in [1.82, 2.24) is 15.6 Å². The molecule has 0 atom stereocenters. The number of amides is 1. The average molecular weight is 401 g/mol. The maximum absolute atomic E-state index is 13.0. The van der Waals surface area contributed by atoms with E-state index in [4.69, 9.17) is 4.74 Å². The molecule has 0 spiro atoms. The zero-order valence-corrected chi connectivity index (χ0v) is 16.7. The summed E-state index contributed by atoms with van der Waals surface area (Å²) in [5, 5.41) is 7.48. The number of fused-ring (bicyclic) bond motifs is 1. The highest BCUT2D eigenvalue weighted by Crippen LogP contribution is 2.20. The van der Waals surface area contributed by atoms with Crippen LogP contribution in [0.3, 0.4) is 0 Å². The van der Waals surface area contributed by atoms with E-state index in [1.165, 1.54) is 7.11 Å². The number of aromatic amines is 1. The number of carbonyl (C=O) groups excluding carboxylic acids is 2. The van der Waals surface area contributed by atoms with Gasteiger partial charge in [0, 0.05) is 16.5 Å². The van der Waals surface area contributed by atoms with Crippen molar-refractivity contribution in [1.29, 1.82) is 0 Å². The first-order chi connectivity index (χ1) is 14.6. The van der Waals surface area contributed by atoms with Gasteiger partial charge in [-0.15, -0.1) is 0 Å². The van der Waals surface area contributed by atoms with Crippen molar-refractivity contribution in [2.24, 2.45) is 0 Å². The maximum Gasteiger partial charge on any atom is 0.337 e. The van der Waals surface area contributed by atoms with Gasteiger partial charge in [0.1, 0.15) is 11.2 Å². The van der Waals surface area contributed by atoms with Gasteiger partial charge in [0.05, 0.1) is 12.7 Å². The molecule has 1 aliphatic rings. The topological polar surface area (TPSA) is 83.2 Å². The Labute approximate surface area is 175 Å². The second-order valence-electron chi connectivity index (χ2n) is 7.38. The number of aromatic nitrogens is 1. The van der Waals surface area contributed by atoms with E-state index in [-0.39, 0.29) is 11.9 Å². The molecule has 3 aromatic rings. The molecule has 0 aliphatic carbocycles. The number of para-hydroxylation sites is 1. The Morgan fingerprint density at radius 2 is 1.80 bits per heavy atom. The summed E-state index contributed by atoms with van der Waals surface area (Å²) in [6.45, 7) is 1.56. The van der Waals surface area contributed by atoms with Crippen LogP contribution in [0, 0.1) is 11.8 Å². The first kappa shape index (κ1) is 19.7. The largest absolute Gasteiger partial charge is 0.465 e. The van der Waals surface area contributed by atoms with Crippen molar-refractivity contribution in [3.05, 3.63) is 71.4 Å². The van der Waals surface area contributed by atoms with Gasteiger partial charge in [-0.05, 0) is 62.3 Å². The molecule has 6 heteroatoms. The summed E-state index contributed by atoms with van der Waals surface area (Å²) in [6, 6.07) is 16.6. The molecule has 4 rings (SSSR count). The van der Waals surface area contributed by atoms with E-state index < -0.39 is 5.54 Å². The molecule has 1 saturated heterocycles. The zero-order chi connectivity index (χ0) is 21.0. The molecule has 2 aromatic carbocycles. The number of hydrogen-bond acceptors (Lipinski definition) is 4. The molecule has 6 nitrogen and oxygen atoms in total. The summed E-state index contributed by atoms with van der Waals surface area (Å²) in [5.74, 6) is 5.92. The molecule has 1 aromatic heterocycles. The molecule has 0 saturated carbocycles. The van der Waals surface area contributed by atoms with Crippen molar-refractivity contribution >= 4 is 22.8 Å². The molecular formula is C24H23N3O3. The molecule has 2 heterocycles. The molecule has 30 heavy (non-hydrogen) atoms. The lowest BCUT2D eigenvalue weighted by molar-refractivity contribution is 0.0600. The SMILES string of the molecule is COC(=O)c1ccc(C#CC2(NC(=O)c3cc4ccccc4[nH]3)CCNCC2)cc1. The van der Waals surface area contributed by atoms with Gasteiger partial charge in [0.15, 0.2) is 0 Å². The van der Waals surface area contributed by atoms with Gasteiger partial charge in [-0.1, -0.05) is 30.0 Å². The minimum absolute atomic E-state index is 0.163. The second-order valence-corrected chi connectivity index (χ2v) is 7.38. The number of H-pyrrole nitrogens is 1. The van der Waals surface area contributed by atoms with Crippen LogP contribution in [0.25, 0.3) is 10.9 Å². The van der Waals surface area contributed by atoms with Crippen molar-refractivity contribution in [2.75, 3.05) is 20.2 Å². The first-order valence-corrected chi connectivity index (χ1v) is 9.91. The summed E-state index contributed by atoms with van der Waals surface area (Å²) >= 11 is 0. The molecule has 0 bridgehead atoms. The number of carbonyl (C=O) groups is 2. The monoisotopic (exact) mass is 401 g/mol. The van der Waals surface area contributed by atoms with Gasteiger partial charge < -0.3 is 20.4 Å². The fourth-order valence-corrected chi connectivity index (χ4v) is 3.61. The third-order valence-corrected chi connectivity index (χ3v) is 5.34. The Hall–Kier alpha value is -3.56. The summed E-state index contributed by atoms with van der Waals surface area (Å²) in [7, 11) is 1.35. The van der Waals surface area contributed by atoms with Crippen LogP contribution in [0.15, 0.2) is 54.6 Å². The number of benzene rings is 2. The normalized spacial score (nSPS) is 15.1. The maximum atomic E-state index is 13.0. The summed E-state index contributed by atoms with van der Waals surface area (Å²) in [4.78, 5) is 27.7. The van der Waals surface area contributed by atoms with Crippen molar-refractivity contribution in [3.63, 3.8) is 0 Å². The van der Waals surface area contributed by atoms with Crippen LogP contribution >= 0.6 is 0 Å². The van der Waals surface area contributed by atoms with Crippen LogP contribution in [0.5, 0.6) is 0 Å². The number of nitrogens with one attached hydrogen (secondary N) is 3. The Morgan fingerprint density at radius 1 is 1.07 bits per heavy atom. The number of rotatable bonds is 3. The predicted molar refractivity (Wildman–Crippen MR) is 115 cm³/mol. The first-order valence-electron chi connectivity index (χ1n) is 9.91. The zero-order valence-electron chi connectivity index (χ0n) is 16.7. The Kier molecular flexibility index (Phi) is 5.55. The fourth-order valence-electron chi connectivity index (χ4n) is 3.61. The van der Waals surface area contributed by atoms with E-state index in [1.54, 1.807) is 24.3 Å². The van der Waals surface area contributed by atoms with E-state index in [2.05, 4.69) is 27.5 Å². The average Bonchev–Trinajstić information content (AvgIpc) is 3.23. The molecule has 1 aliphatic heterocycles. The minimum atomic E-state index is -0.610. The quantitative estimate of drug-likeness (QED) is 0.466. The lowest BCUT2D eigenvalue weighted by Crippen LogP contribution is -2.53. The van der Waals surface area contributed by atoms with Crippen LogP contribution in [0.2, 0.25) is 0 Å². The lowest BCUT2D eigenvalue weighted by atomic mass is 9.88. The third kappa shape index (κ3) is 4.22. The van der Waals surface area contributed by atoms with Crippen molar-refractivity contribution in [3.8, 4) is 11.8 Å². The van der Waals surface area contributed by atoms with Gasteiger partial charge in [-0.2, -0.15) is 0 Å². The van der Waals surface area contributed by atoms with Crippen LogP contribution in [-0.2, 0) is 4.74 Å². The smallest absolute Gasteiger partial charge is 0.337 e. The highest BCUT2D eigenvalue weighted by molar-refractivity contribution is 5.98. The summed E-state index contributed by atoms with van der Waals surface area (Å²) in [5.41, 5.74) is 2.10. The van der Waals surface area contributed by atoms with Crippen LogP contribution in [0.1, 0.15) is 39.3 Å². The molecule has 1 fully saturated rings. The van der Waals surface area contributed by atoms with E-state index in [1.807, 2.05) is 30.3 Å². The lowest BCUT2D eigenvalue weighted by Gasteiger charge is -2.33. The number of methoxy groups -OCH3 is 1.